The van der Waals surface area contributed by atoms with Crippen LogP contribution in [-0.4, -0.2) is 56.5 Å². The number of piperazine rings is 1. The Morgan fingerprint density at radius 1 is 1.29 bits per heavy atom. The van der Waals surface area contributed by atoms with E-state index in [1.54, 1.807) is 0 Å². The van der Waals surface area contributed by atoms with E-state index in [1.165, 1.54) is 0 Å². The van der Waals surface area contributed by atoms with Crippen LogP contribution in [0.15, 0.2) is 0 Å². The first-order chi connectivity index (χ1) is 7.98. The molecule has 1 aliphatic heterocycles. The van der Waals surface area contributed by atoms with Gasteiger partial charge >= 0.3 is 0 Å². The molecule has 1 aliphatic rings. The monoisotopic (exact) mass is 262 g/mol. The third kappa shape index (κ3) is 4.94. The number of hydrogen-bond donors (Lipinski definition) is 1. The molecule has 0 amide bonds. The number of hydrogen-bond acceptors (Lipinski definition) is 4. The van der Waals surface area contributed by atoms with Crippen LogP contribution in [0.25, 0.3) is 0 Å². The third-order valence-electron chi connectivity index (χ3n) is 3.48. The highest BCUT2D eigenvalue weighted by Gasteiger charge is 2.24. The summed E-state index contributed by atoms with van der Waals surface area (Å²) in [5.41, 5.74) is 0. The standard InChI is InChI=1S/C12H26N2O2S/c1-4-7-17(15,16)8-6-14-10-12(5-2)13-9-11(14)3/h11-13H,4-10H2,1-3H3. The molecule has 1 heterocycles. The fourth-order valence-electron chi connectivity index (χ4n) is 2.25. The van der Waals surface area contributed by atoms with E-state index in [4.69, 9.17) is 0 Å². The summed E-state index contributed by atoms with van der Waals surface area (Å²) in [7, 11) is -2.84. The Morgan fingerprint density at radius 2 is 2.00 bits per heavy atom. The second-order valence-corrected chi connectivity index (χ2v) is 7.31. The van der Waals surface area contributed by atoms with Gasteiger partial charge in [-0.3, -0.25) is 4.90 Å². The van der Waals surface area contributed by atoms with Crippen LogP contribution in [0, 0.1) is 0 Å². The minimum absolute atomic E-state index is 0.307. The van der Waals surface area contributed by atoms with E-state index in [1.807, 2.05) is 6.92 Å². The zero-order valence-corrected chi connectivity index (χ0v) is 12.1. The smallest absolute Gasteiger partial charge is 0.151 e. The lowest BCUT2D eigenvalue weighted by Gasteiger charge is -2.38. The zero-order valence-electron chi connectivity index (χ0n) is 11.3. The van der Waals surface area contributed by atoms with Crippen LogP contribution in [-0.2, 0) is 9.84 Å². The maximum Gasteiger partial charge on any atom is 0.151 e. The van der Waals surface area contributed by atoms with E-state index in [0.717, 1.165) is 25.9 Å². The van der Waals surface area contributed by atoms with Gasteiger partial charge in [-0.15, -0.1) is 0 Å². The van der Waals surface area contributed by atoms with Crippen molar-refractivity contribution in [1.29, 1.82) is 0 Å². The first-order valence-corrected chi connectivity index (χ1v) is 8.48. The quantitative estimate of drug-likeness (QED) is 0.772. The van der Waals surface area contributed by atoms with Gasteiger partial charge in [0.2, 0.25) is 0 Å². The highest BCUT2D eigenvalue weighted by Crippen LogP contribution is 2.09. The van der Waals surface area contributed by atoms with Gasteiger partial charge in [0.1, 0.15) is 0 Å². The average Bonchev–Trinajstić information content (AvgIpc) is 2.28. The second kappa shape index (κ2) is 6.71. The lowest BCUT2D eigenvalue weighted by atomic mass is 10.1. The Bertz CT molecular complexity index is 316. The molecular weight excluding hydrogens is 236 g/mol. The summed E-state index contributed by atoms with van der Waals surface area (Å²) in [5.74, 6) is 0.631. The van der Waals surface area contributed by atoms with Crippen molar-refractivity contribution in [2.75, 3.05) is 31.1 Å². The van der Waals surface area contributed by atoms with Gasteiger partial charge in [0.05, 0.1) is 5.75 Å². The molecule has 5 heteroatoms. The Kier molecular flexibility index (Phi) is 5.89. The second-order valence-electron chi connectivity index (χ2n) is 5.01. The molecule has 0 aromatic rings. The SMILES string of the molecule is CCCS(=O)(=O)CCN1CC(CC)NCC1C. The molecule has 102 valence electrons. The maximum atomic E-state index is 11.7. The summed E-state index contributed by atoms with van der Waals surface area (Å²) in [6.07, 6.45) is 1.82. The van der Waals surface area contributed by atoms with Crippen molar-refractivity contribution < 1.29 is 8.42 Å². The minimum atomic E-state index is -2.84. The largest absolute Gasteiger partial charge is 0.311 e. The molecule has 1 saturated heterocycles. The fraction of sp³-hybridized carbons (Fsp3) is 1.00. The summed E-state index contributed by atoms with van der Waals surface area (Å²) in [5, 5.41) is 3.48. The van der Waals surface area contributed by atoms with Crippen LogP contribution in [0.5, 0.6) is 0 Å². The Balaban J connectivity index is 2.44. The van der Waals surface area contributed by atoms with Crippen molar-refractivity contribution in [1.82, 2.24) is 10.2 Å². The normalized spacial score (nSPS) is 27.2. The summed E-state index contributed by atoms with van der Waals surface area (Å²) in [4.78, 5) is 2.30. The highest BCUT2D eigenvalue weighted by atomic mass is 32.2. The van der Waals surface area contributed by atoms with E-state index in [0.29, 0.717) is 30.1 Å². The van der Waals surface area contributed by atoms with Gasteiger partial charge in [-0.1, -0.05) is 13.8 Å². The molecule has 0 radical (unpaired) electrons. The van der Waals surface area contributed by atoms with Gasteiger partial charge in [-0.25, -0.2) is 8.42 Å². The molecular formula is C12H26N2O2S. The number of sulfone groups is 1. The first kappa shape index (κ1) is 14.9. The van der Waals surface area contributed by atoms with Crippen molar-refractivity contribution in [3.63, 3.8) is 0 Å². The summed E-state index contributed by atoms with van der Waals surface area (Å²) < 4.78 is 23.4. The van der Waals surface area contributed by atoms with Gasteiger partial charge in [0.15, 0.2) is 9.84 Å². The van der Waals surface area contributed by atoms with Crippen molar-refractivity contribution >= 4 is 9.84 Å². The summed E-state index contributed by atoms with van der Waals surface area (Å²) >= 11 is 0. The van der Waals surface area contributed by atoms with E-state index >= 15 is 0 Å². The zero-order chi connectivity index (χ0) is 12.9. The topological polar surface area (TPSA) is 49.4 Å². The molecule has 0 aliphatic carbocycles. The van der Waals surface area contributed by atoms with Crippen LogP contribution in [0.4, 0.5) is 0 Å². The lowest BCUT2D eigenvalue weighted by Crippen LogP contribution is -2.56. The fourth-order valence-corrected chi connectivity index (χ4v) is 3.59. The van der Waals surface area contributed by atoms with Crippen molar-refractivity contribution in [3.05, 3.63) is 0 Å². The van der Waals surface area contributed by atoms with Gasteiger partial charge < -0.3 is 5.32 Å². The van der Waals surface area contributed by atoms with Crippen LogP contribution in [0.1, 0.15) is 33.6 Å². The molecule has 0 aromatic carbocycles. The third-order valence-corrected chi connectivity index (χ3v) is 5.31. The van der Waals surface area contributed by atoms with Crippen LogP contribution >= 0.6 is 0 Å². The summed E-state index contributed by atoms with van der Waals surface area (Å²) in [6, 6.07) is 0.953. The number of rotatable bonds is 6. The van der Waals surface area contributed by atoms with Crippen LogP contribution in [0.3, 0.4) is 0 Å². The molecule has 0 spiro atoms. The van der Waals surface area contributed by atoms with Gasteiger partial charge in [-0.05, 0) is 19.8 Å². The van der Waals surface area contributed by atoms with Gasteiger partial charge in [-0.2, -0.15) is 0 Å². The van der Waals surface area contributed by atoms with E-state index in [9.17, 15) is 8.42 Å². The molecule has 2 unspecified atom stereocenters. The number of nitrogens with one attached hydrogen (secondary N) is 1. The van der Waals surface area contributed by atoms with E-state index in [2.05, 4.69) is 24.1 Å². The molecule has 0 saturated carbocycles. The van der Waals surface area contributed by atoms with E-state index in [-0.39, 0.29) is 0 Å². The Labute approximate surface area is 106 Å². The maximum absolute atomic E-state index is 11.7. The molecule has 17 heavy (non-hydrogen) atoms. The predicted octanol–water partition coefficient (Wildman–Crippen LogP) is 0.884. The average molecular weight is 262 g/mol. The van der Waals surface area contributed by atoms with Crippen LogP contribution in [0.2, 0.25) is 0 Å². The van der Waals surface area contributed by atoms with E-state index < -0.39 is 9.84 Å². The van der Waals surface area contributed by atoms with Crippen LogP contribution < -0.4 is 5.32 Å². The van der Waals surface area contributed by atoms with Gasteiger partial charge in [0.25, 0.3) is 0 Å². The summed E-state index contributed by atoms with van der Waals surface area (Å²) in [6.45, 7) is 8.86. The Morgan fingerprint density at radius 3 is 2.59 bits per heavy atom. The van der Waals surface area contributed by atoms with Crippen molar-refractivity contribution in [3.8, 4) is 0 Å². The molecule has 1 rings (SSSR count). The predicted molar refractivity (Wildman–Crippen MR) is 72.1 cm³/mol. The van der Waals surface area contributed by atoms with Crippen molar-refractivity contribution in [2.24, 2.45) is 0 Å². The molecule has 4 nitrogen and oxygen atoms in total. The molecule has 1 fully saturated rings. The molecule has 2 atom stereocenters. The molecule has 0 aromatic heterocycles. The highest BCUT2D eigenvalue weighted by molar-refractivity contribution is 7.91. The number of nitrogens with zero attached hydrogens (tertiary/aromatic N) is 1. The molecule has 0 bridgehead atoms. The first-order valence-electron chi connectivity index (χ1n) is 6.66. The van der Waals surface area contributed by atoms with Crippen molar-refractivity contribution in [2.45, 2.75) is 45.7 Å². The molecule has 1 N–H and O–H groups in total. The Hall–Kier alpha value is -0.130. The minimum Gasteiger partial charge on any atom is -0.311 e. The van der Waals surface area contributed by atoms with Gasteiger partial charge in [0, 0.05) is 37.5 Å². The lowest BCUT2D eigenvalue weighted by molar-refractivity contribution is 0.147.